The Morgan fingerprint density at radius 1 is 1.25 bits per heavy atom. The largest absolute Gasteiger partial charge is 0.345 e. The number of amides is 1. The molecule has 106 valence electrons. The van der Waals surface area contributed by atoms with Crippen LogP contribution in [-0.2, 0) is 4.79 Å². The molecule has 1 N–H and O–H groups in total. The van der Waals surface area contributed by atoms with Crippen molar-refractivity contribution in [2.24, 2.45) is 0 Å². The highest BCUT2D eigenvalue weighted by atomic mass is 16.1. The molecule has 1 amide bonds. The lowest BCUT2D eigenvalue weighted by molar-refractivity contribution is -0.119. The van der Waals surface area contributed by atoms with Gasteiger partial charge < -0.3 is 10.2 Å². The number of likely N-dealkylation sites (N-methyl/N-ethyl adjacent to an activating group) is 1. The molecule has 3 rings (SSSR count). The Morgan fingerprint density at radius 3 is 2.70 bits per heavy atom. The summed E-state index contributed by atoms with van der Waals surface area (Å²) in [5.41, 5.74) is 3.00. The van der Waals surface area contributed by atoms with E-state index in [2.05, 4.69) is 30.4 Å². The van der Waals surface area contributed by atoms with Crippen LogP contribution in [-0.4, -0.2) is 37.0 Å². The number of nitrogens with one attached hydrogen (secondary N) is 1. The van der Waals surface area contributed by atoms with Gasteiger partial charge in [0.1, 0.15) is 0 Å². The van der Waals surface area contributed by atoms with Crippen LogP contribution in [0.2, 0.25) is 0 Å². The van der Waals surface area contributed by atoms with Gasteiger partial charge in [0, 0.05) is 12.1 Å². The molecule has 0 bridgehead atoms. The fourth-order valence-electron chi connectivity index (χ4n) is 3.57. The molecule has 0 unspecified atom stereocenters. The van der Waals surface area contributed by atoms with E-state index in [1.54, 1.807) is 0 Å². The molecule has 3 heteroatoms. The molecular formula is C17H22N2O. The van der Waals surface area contributed by atoms with Gasteiger partial charge in [-0.1, -0.05) is 37.1 Å². The predicted molar refractivity (Wildman–Crippen MR) is 81.3 cm³/mol. The minimum atomic E-state index is -0.0449. The Labute approximate surface area is 120 Å². The summed E-state index contributed by atoms with van der Waals surface area (Å²) in [7, 11) is 4.15. The second-order valence-electron chi connectivity index (χ2n) is 6.32. The van der Waals surface area contributed by atoms with Gasteiger partial charge in [0.15, 0.2) is 0 Å². The highest BCUT2D eigenvalue weighted by Crippen LogP contribution is 2.34. The van der Waals surface area contributed by atoms with Crippen molar-refractivity contribution in [3.05, 3.63) is 47.1 Å². The molecule has 3 nitrogen and oxygen atoms in total. The van der Waals surface area contributed by atoms with E-state index in [1.807, 2.05) is 24.3 Å². The average molecular weight is 270 g/mol. The Balaban J connectivity index is 1.72. The van der Waals surface area contributed by atoms with Crippen molar-refractivity contribution in [2.75, 3.05) is 20.6 Å². The number of nitrogens with zero attached hydrogens (tertiary/aromatic N) is 1. The molecule has 3 aliphatic rings. The zero-order chi connectivity index (χ0) is 14.2. The summed E-state index contributed by atoms with van der Waals surface area (Å²) in [4.78, 5) is 14.8. The van der Waals surface area contributed by atoms with Gasteiger partial charge in [-0.25, -0.2) is 0 Å². The lowest BCUT2D eigenvalue weighted by Gasteiger charge is -2.33. The summed E-state index contributed by atoms with van der Waals surface area (Å²) in [6.07, 6.45) is 14.6. The normalized spacial score (nSPS) is 22.6. The summed E-state index contributed by atoms with van der Waals surface area (Å²) in [6, 6.07) is 0. The highest BCUT2D eigenvalue weighted by molar-refractivity contribution is 6.02. The quantitative estimate of drug-likeness (QED) is 0.850. The summed E-state index contributed by atoms with van der Waals surface area (Å²) in [5.74, 6) is 0.0787. The fourth-order valence-corrected chi connectivity index (χ4v) is 3.57. The maximum Gasteiger partial charge on any atom is 0.252 e. The van der Waals surface area contributed by atoms with Crippen molar-refractivity contribution in [1.82, 2.24) is 10.2 Å². The van der Waals surface area contributed by atoms with E-state index in [9.17, 15) is 4.79 Å². The van der Waals surface area contributed by atoms with Gasteiger partial charge in [-0.2, -0.15) is 0 Å². The third-order valence-corrected chi connectivity index (χ3v) is 4.37. The van der Waals surface area contributed by atoms with E-state index >= 15 is 0 Å². The van der Waals surface area contributed by atoms with Crippen LogP contribution >= 0.6 is 0 Å². The molecule has 0 spiro atoms. The monoisotopic (exact) mass is 270 g/mol. The fraction of sp³-hybridized carbons (Fsp3) is 0.471. The molecule has 3 aliphatic carbocycles. The molecule has 0 aromatic rings. The molecule has 0 aromatic heterocycles. The molecule has 0 heterocycles. The number of carbonyl (C=O) groups is 1. The average Bonchev–Trinajstić information content (AvgIpc) is 3.02. The van der Waals surface area contributed by atoms with E-state index in [4.69, 9.17) is 0 Å². The number of hydrogen-bond acceptors (Lipinski definition) is 2. The zero-order valence-electron chi connectivity index (χ0n) is 12.3. The van der Waals surface area contributed by atoms with Crippen molar-refractivity contribution in [2.45, 2.75) is 31.2 Å². The van der Waals surface area contributed by atoms with E-state index in [0.717, 1.165) is 36.1 Å². The number of rotatable bonds is 4. The second kappa shape index (κ2) is 5.06. The first-order chi connectivity index (χ1) is 9.60. The molecule has 0 aromatic carbocycles. The van der Waals surface area contributed by atoms with E-state index in [-0.39, 0.29) is 11.4 Å². The van der Waals surface area contributed by atoms with Gasteiger partial charge in [-0.3, -0.25) is 4.79 Å². The Kier molecular flexibility index (Phi) is 3.38. The van der Waals surface area contributed by atoms with Crippen molar-refractivity contribution < 1.29 is 4.79 Å². The van der Waals surface area contributed by atoms with Gasteiger partial charge in [0.05, 0.1) is 5.54 Å². The van der Waals surface area contributed by atoms with Crippen LogP contribution in [0.15, 0.2) is 47.1 Å². The molecule has 0 aliphatic heterocycles. The summed E-state index contributed by atoms with van der Waals surface area (Å²) < 4.78 is 0. The van der Waals surface area contributed by atoms with Crippen molar-refractivity contribution in [3.8, 4) is 0 Å². The Bertz CT molecular complexity index is 543. The van der Waals surface area contributed by atoms with Crippen LogP contribution in [0.3, 0.4) is 0 Å². The smallest absolute Gasteiger partial charge is 0.252 e. The third kappa shape index (κ3) is 2.38. The molecule has 0 saturated heterocycles. The number of hydrogen-bond donors (Lipinski definition) is 1. The van der Waals surface area contributed by atoms with Gasteiger partial charge in [-0.05, 0) is 44.2 Å². The van der Waals surface area contributed by atoms with Gasteiger partial charge in [0.25, 0.3) is 5.91 Å². The lowest BCUT2D eigenvalue weighted by atomic mass is 9.95. The SMILES string of the molecule is CN(C)CC1(NC(=O)C2=CC=C3C=CC=C32)CCCC1. The van der Waals surface area contributed by atoms with Crippen LogP contribution in [0.25, 0.3) is 0 Å². The maximum absolute atomic E-state index is 12.6. The lowest BCUT2D eigenvalue weighted by Crippen LogP contribution is -2.53. The highest BCUT2D eigenvalue weighted by Gasteiger charge is 2.37. The molecule has 0 radical (unpaired) electrons. The first-order valence-electron chi connectivity index (χ1n) is 7.38. The zero-order valence-corrected chi connectivity index (χ0v) is 12.3. The minimum absolute atomic E-state index is 0.0449. The van der Waals surface area contributed by atoms with Crippen LogP contribution in [0.5, 0.6) is 0 Å². The molecule has 20 heavy (non-hydrogen) atoms. The van der Waals surface area contributed by atoms with Crippen LogP contribution in [0.4, 0.5) is 0 Å². The van der Waals surface area contributed by atoms with Gasteiger partial charge in [0.2, 0.25) is 0 Å². The summed E-state index contributed by atoms with van der Waals surface area (Å²) in [6.45, 7) is 0.920. The van der Waals surface area contributed by atoms with Gasteiger partial charge in [-0.15, -0.1) is 0 Å². The van der Waals surface area contributed by atoms with Crippen molar-refractivity contribution >= 4 is 5.91 Å². The molecular weight excluding hydrogens is 248 g/mol. The number of fused-ring (bicyclic) bond motifs is 1. The maximum atomic E-state index is 12.6. The first kappa shape index (κ1) is 13.4. The van der Waals surface area contributed by atoms with E-state index in [0.29, 0.717) is 0 Å². The predicted octanol–water partition coefficient (Wildman–Crippen LogP) is 2.34. The van der Waals surface area contributed by atoms with Crippen molar-refractivity contribution in [3.63, 3.8) is 0 Å². The van der Waals surface area contributed by atoms with Gasteiger partial charge >= 0.3 is 0 Å². The number of allylic oxidation sites excluding steroid dienone is 6. The number of carbonyl (C=O) groups excluding carboxylic acids is 1. The first-order valence-corrected chi connectivity index (χ1v) is 7.38. The van der Waals surface area contributed by atoms with Crippen LogP contribution in [0.1, 0.15) is 25.7 Å². The Hall–Kier alpha value is -1.61. The van der Waals surface area contributed by atoms with E-state index < -0.39 is 0 Å². The molecule has 0 atom stereocenters. The van der Waals surface area contributed by atoms with Crippen molar-refractivity contribution in [1.29, 1.82) is 0 Å². The molecule has 1 fully saturated rings. The third-order valence-electron chi connectivity index (χ3n) is 4.37. The topological polar surface area (TPSA) is 32.3 Å². The second-order valence-corrected chi connectivity index (χ2v) is 6.32. The van der Waals surface area contributed by atoms with Crippen LogP contribution < -0.4 is 5.32 Å². The van der Waals surface area contributed by atoms with E-state index in [1.165, 1.54) is 12.8 Å². The minimum Gasteiger partial charge on any atom is -0.345 e. The summed E-state index contributed by atoms with van der Waals surface area (Å²) >= 11 is 0. The summed E-state index contributed by atoms with van der Waals surface area (Å²) in [5, 5.41) is 3.33. The molecule has 1 saturated carbocycles. The van der Waals surface area contributed by atoms with Crippen LogP contribution in [0, 0.1) is 0 Å². The standard InChI is InChI=1S/C17H22N2O/c1-19(2)12-17(10-3-4-11-17)18-16(20)15-9-8-13-6-5-7-14(13)15/h5-9H,3-4,10-12H2,1-2H3,(H,18,20). The Morgan fingerprint density at radius 2 is 2.00 bits per heavy atom.